The molecule has 1 unspecified atom stereocenters. The van der Waals surface area contributed by atoms with Gasteiger partial charge in [-0.15, -0.1) is 11.3 Å². The van der Waals surface area contributed by atoms with E-state index >= 15 is 0 Å². The Balaban J connectivity index is 1.47. The van der Waals surface area contributed by atoms with E-state index in [2.05, 4.69) is 10.6 Å². The monoisotopic (exact) mass is 596 g/mol. The fourth-order valence-electron chi connectivity index (χ4n) is 3.97. The molecule has 0 saturated heterocycles. The lowest BCUT2D eigenvalue weighted by Gasteiger charge is -2.15. The van der Waals surface area contributed by atoms with Crippen LogP contribution in [-0.4, -0.2) is 30.5 Å². The molecule has 3 aromatic carbocycles. The van der Waals surface area contributed by atoms with Crippen LogP contribution in [0.4, 0.5) is 10.7 Å². The van der Waals surface area contributed by atoms with Crippen molar-refractivity contribution in [3.8, 4) is 16.9 Å². The van der Waals surface area contributed by atoms with E-state index in [0.29, 0.717) is 37.6 Å². The minimum Gasteiger partial charge on any atom is -0.481 e. The molecule has 0 spiro atoms. The molecule has 4 rings (SSSR count). The number of esters is 1. The number of benzene rings is 3. The van der Waals surface area contributed by atoms with Crippen LogP contribution < -0.4 is 15.4 Å². The number of nitrogens with one attached hydrogen (secondary N) is 2. The van der Waals surface area contributed by atoms with E-state index in [1.54, 1.807) is 56.3 Å². The van der Waals surface area contributed by atoms with E-state index in [0.717, 1.165) is 16.0 Å². The van der Waals surface area contributed by atoms with Gasteiger partial charge in [0, 0.05) is 31.7 Å². The number of rotatable bonds is 9. The molecule has 1 atom stereocenters. The summed E-state index contributed by atoms with van der Waals surface area (Å²) in [5.74, 6) is -0.901. The Morgan fingerprint density at radius 2 is 1.57 bits per heavy atom. The fraction of sp³-hybridized carbons (Fsp3) is 0.167. The first-order valence-corrected chi connectivity index (χ1v) is 13.9. The summed E-state index contributed by atoms with van der Waals surface area (Å²) >= 11 is 13.3. The van der Waals surface area contributed by atoms with Crippen LogP contribution >= 0.6 is 34.5 Å². The maximum Gasteiger partial charge on any atom is 0.341 e. The SMILES string of the molecule is CCOC(=O)c1c(NC(=O)c2ccc(OC(C)C(=O)Nc3cc(Cl)cc(Cl)c3)cc2)sc(C)c1-c1ccccc1. The normalized spacial score (nSPS) is 11.4. The standard InChI is InChI=1S/C30H26Cl2N2O5S/c1-4-38-30(37)26-25(19-8-6-5-7-9-19)18(3)40-29(26)34-28(36)20-10-12-24(13-11-20)39-17(2)27(35)33-23-15-21(31)14-22(32)16-23/h5-17H,4H2,1-3H3,(H,33,35)(H,34,36). The number of amides is 2. The van der Waals surface area contributed by atoms with Crippen LogP contribution in [0.15, 0.2) is 72.8 Å². The number of carbonyl (C=O) groups excluding carboxylic acids is 3. The van der Waals surface area contributed by atoms with Crippen molar-refractivity contribution in [1.82, 2.24) is 0 Å². The molecule has 0 aliphatic heterocycles. The van der Waals surface area contributed by atoms with Gasteiger partial charge in [0.15, 0.2) is 6.10 Å². The van der Waals surface area contributed by atoms with Gasteiger partial charge >= 0.3 is 5.97 Å². The van der Waals surface area contributed by atoms with E-state index in [-0.39, 0.29) is 6.61 Å². The van der Waals surface area contributed by atoms with Gasteiger partial charge in [0.05, 0.1) is 6.61 Å². The second kappa shape index (κ2) is 13.0. The van der Waals surface area contributed by atoms with E-state index in [9.17, 15) is 14.4 Å². The van der Waals surface area contributed by atoms with Gasteiger partial charge in [-0.1, -0.05) is 53.5 Å². The summed E-state index contributed by atoms with van der Waals surface area (Å²) in [6, 6.07) is 20.6. The van der Waals surface area contributed by atoms with Crippen molar-refractivity contribution in [2.45, 2.75) is 26.9 Å². The Bertz CT molecular complexity index is 1520. The highest BCUT2D eigenvalue weighted by molar-refractivity contribution is 7.17. The lowest BCUT2D eigenvalue weighted by Crippen LogP contribution is -2.30. The Labute approximate surface area is 246 Å². The average molecular weight is 598 g/mol. The van der Waals surface area contributed by atoms with Crippen LogP contribution in [0, 0.1) is 6.92 Å². The summed E-state index contributed by atoms with van der Waals surface area (Å²) in [6.45, 7) is 5.44. The summed E-state index contributed by atoms with van der Waals surface area (Å²) < 4.78 is 11.0. The summed E-state index contributed by atoms with van der Waals surface area (Å²) in [6.07, 6.45) is -0.838. The van der Waals surface area contributed by atoms with Gasteiger partial charge in [0.1, 0.15) is 16.3 Å². The molecular formula is C30H26Cl2N2O5S. The predicted octanol–water partition coefficient (Wildman–Crippen LogP) is 7.87. The summed E-state index contributed by atoms with van der Waals surface area (Å²) in [4.78, 5) is 39.5. The zero-order valence-electron chi connectivity index (χ0n) is 21.9. The molecule has 1 heterocycles. The second-order valence-corrected chi connectivity index (χ2v) is 10.8. The van der Waals surface area contributed by atoms with Crippen molar-refractivity contribution >= 4 is 63.0 Å². The minimum absolute atomic E-state index is 0.208. The van der Waals surface area contributed by atoms with Gasteiger partial charge in [-0.25, -0.2) is 4.79 Å². The Morgan fingerprint density at radius 1 is 0.925 bits per heavy atom. The summed E-state index contributed by atoms with van der Waals surface area (Å²) in [7, 11) is 0. The van der Waals surface area contributed by atoms with Crippen LogP contribution in [0.3, 0.4) is 0 Å². The first-order valence-electron chi connectivity index (χ1n) is 12.4. The Kier molecular flexibility index (Phi) is 9.47. The molecule has 0 aliphatic rings. The number of ether oxygens (including phenoxy) is 2. The Morgan fingerprint density at radius 3 is 2.20 bits per heavy atom. The maximum absolute atomic E-state index is 13.1. The van der Waals surface area contributed by atoms with Crippen LogP contribution in [0.2, 0.25) is 10.0 Å². The van der Waals surface area contributed by atoms with Crippen LogP contribution in [0.25, 0.3) is 11.1 Å². The first-order chi connectivity index (χ1) is 19.2. The highest BCUT2D eigenvalue weighted by Crippen LogP contribution is 2.40. The lowest BCUT2D eigenvalue weighted by atomic mass is 10.0. The van der Waals surface area contributed by atoms with Gasteiger partial charge in [-0.3, -0.25) is 9.59 Å². The van der Waals surface area contributed by atoms with Crippen LogP contribution in [0.5, 0.6) is 5.75 Å². The lowest BCUT2D eigenvalue weighted by molar-refractivity contribution is -0.122. The number of anilines is 2. The summed E-state index contributed by atoms with van der Waals surface area (Å²) in [5.41, 5.74) is 2.71. The second-order valence-electron chi connectivity index (χ2n) is 8.71. The highest BCUT2D eigenvalue weighted by Gasteiger charge is 2.26. The van der Waals surface area contributed by atoms with Crippen LogP contribution in [-0.2, 0) is 9.53 Å². The van der Waals surface area contributed by atoms with Gasteiger partial charge in [0.25, 0.3) is 11.8 Å². The zero-order chi connectivity index (χ0) is 28.8. The third-order valence-electron chi connectivity index (χ3n) is 5.78. The van der Waals surface area contributed by atoms with Gasteiger partial charge in [0.2, 0.25) is 0 Å². The first kappa shape index (κ1) is 29.1. The largest absolute Gasteiger partial charge is 0.481 e. The molecule has 10 heteroatoms. The molecule has 1 aromatic heterocycles. The third kappa shape index (κ3) is 7.01. The fourth-order valence-corrected chi connectivity index (χ4v) is 5.56. The quantitative estimate of drug-likeness (QED) is 0.192. The number of thiophene rings is 1. The molecule has 7 nitrogen and oxygen atoms in total. The molecule has 2 amide bonds. The topological polar surface area (TPSA) is 93.7 Å². The number of aryl methyl sites for hydroxylation is 1. The number of halogens is 2. The predicted molar refractivity (Wildman–Crippen MR) is 160 cm³/mol. The van der Waals surface area contributed by atoms with Crippen molar-refractivity contribution in [2.75, 3.05) is 17.2 Å². The van der Waals surface area contributed by atoms with Crippen molar-refractivity contribution in [3.63, 3.8) is 0 Å². The molecule has 0 aliphatic carbocycles. The molecule has 4 aromatic rings. The molecule has 2 N–H and O–H groups in total. The van der Waals surface area contributed by atoms with Gasteiger partial charge in [-0.05, 0) is 68.8 Å². The maximum atomic E-state index is 13.1. The molecule has 206 valence electrons. The number of hydrogen-bond donors (Lipinski definition) is 2. The van der Waals surface area contributed by atoms with Crippen LogP contribution in [0.1, 0.15) is 39.4 Å². The van der Waals surface area contributed by atoms with Gasteiger partial charge < -0.3 is 20.1 Å². The van der Waals surface area contributed by atoms with Crippen molar-refractivity contribution in [1.29, 1.82) is 0 Å². The van der Waals surface area contributed by atoms with E-state index in [1.165, 1.54) is 11.3 Å². The molecule has 0 radical (unpaired) electrons. The van der Waals surface area contributed by atoms with E-state index in [4.69, 9.17) is 32.7 Å². The number of hydrogen-bond acceptors (Lipinski definition) is 6. The number of carbonyl (C=O) groups is 3. The minimum atomic E-state index is -0.838. The highest BCUT2D eigenvalue weighted by atomic mass is 35.5. The molecule has 0 bridgehead atoms. The Hall–Kier alpha value is -3.85. The third-order valence-corrected chi connectivity index (χ3v) is 7.24. The van der Waals surface area contributed by atoms with Crippen molar-refractivity contribution < 1.29 is 23.9 Å². The molecular weight excluding hydrogens is 571 g/mol. The van der Waals surface area contributed by atoms with Crippen molar-refractivity contribution in [2.24, 2.45) is 0 Å². The van der Waals surface area contributed by atoms with Crippen molar-refractivity contribution in [3.05, 3.63) is 98.8 Å². The molecule has 40 heavy (non-hydrogen) atoms. The zero-order valence-corrected chi connectivity index (χ0v) is 24.2. The van der Waals surface area contributed by atoms with Gasteiger partial charge in [-0.2, -0.15) is 0 Å². The molecule has 0 fully saturated rings. The summed E-state index contributed by atoms with van der Waals surface area (Å²) in [5, 5.41) is 6.78. The van der Waals surface area contributed by atoms with E-state index in [1.807, 2.05) is 37.3 Å². The molecule has 0 saturated carbocycles. The smallest absolute Gasteiger partial charge is 0.341 e. The average Bonchev–Trinajstić information content (AvgIpc) is 3.24. The van der Waals surface area contributed by atoms with E-state index < -0.39 is 23.9 Å².